The maximum absolute atomic E-state index is 13.1. The van der Waals surface area contributed by atoms with E-state index in [9.17, 15) is 13.2 Å². The van der Waals surface area contributed by atoms with Crippen molar-refractivity contribution >= 4 is 49.2 Å². The number of halogens is 2. The van der Waals surface area contributed by atoms with E-state index >= 15 is 0 Å². The summed E-state index contributed by atoms with van der Waals surface area (Å²) in [5.41, 5.74) is 1.51. The van der Waals surface area contributed by atoms with E-state index in [1.807, 2.05) is 6.07 Å². The molecule has 3 rings (SSSR count). The fourth-order valence-corrected chi connectivity index (χ4v) is 4.51. The first kappa shape index (κ1) is 20.5. The number of carbonyl (C=O) groups is 1. The van der Waals surface area contributed by atoms with Crippen LogP contribution in [0.15, 0.2) is 88.2 Å². The van der Waals surface area contributed by atoms with E-state index < -0.39 is 15.6 Å². The molecule has 6 heteroatoms. The Bertz CT molecular complexity index is 1100. The van der Waals surface area contributed by atoms with Crippen LogP contribution in [0.25, 0.3) is 6.08 Å². The number of hydrogen-bond acceptors (Lipinski definition) is 3. The minimum atomic E-state index is -3.87. The van der Waals surface area contributed by atoms with E-state index in [0.717, 1.165) is 4.47 Å². The van der Waals surface area contributed by atoms with Crippen molar-refractivity contribution in [2.75, 3.05) is 0 Å². The van der Waals surface area contributed by atoms with Crippen molar-refractivity contribution in [3.63, 3.8) is 0 Å². The first-order valence-electron chi connectivity index (χ1n) is 8.39. The van der Waals surface area contributed by atoms with Crippen molar-refractivity contribution < 1.29 is 13.2 Å². The smallest absolute Gasteiger partial charge is 0.204 e. The molecule has 0 fully saturated rings. The largest absolute Gasteiger partial charge is 0.288 e. The van der Waals surface area contributed by atoms with E-state index in [2.05, 4.69) is 15.9 Å². The van der Waals surface area contributed by atoms with Gasteiger partial charge in [-0.15, -0.1) is 0 Å². The lowest BCUT2D eigenvalue weighted by Gasteiger charge is -2.10. The highest BCUT2D eigenvalue weighted by Crippen LogP contribution is 2.24. The van der Waals surface area contributed by atoms with Crippen molar-refractivity contribution in [2.24, 2.45) is 0 Å². The summed E-state index contributed by atoms with van der Waals surface area (Å²) >= 11 is 9.24. The molecular weight excluding hydrogens is 460 g/mol. The summed E-state index contributed by atoms with van der Waals surface area (Å²) in [6.45, 7) is 0. The van der Waals surface area contributed by atoms with E-state index in [1.165, 1.54) is 18.2 Å². The van der Waals surface area contributed by atoms with Gasteiger partial charge in [0.1, 0.15) is 4.91 Å². The molecule has 142 valence electrons. The zero-order chi connectivity index (χ0) is 20.1. The molecule has 28 heavy (non-hydrogen) atoms. The maximum Gasteiger partial charge on any atom is 0.204 e. The van der Waals surface area contributed by atoms with Crippen molar-refractivity contribution in [1.29, 1.82) is 0 Å². The van der Waals surface area contributed by atoms with Gasteiger partial charge in [-0.05, 0) is 53.6 Å². The van der Waals surface area contributed by atoms with Gasteiger partial charge in [0.2, 0.25) is 5.78 Å². The van der Waals surface area contributed by atoms with Crippen molar-refractivity contribution in [3.05, 3.63) is 110 Å². The highest BCUT2D eigenvalue weighted by Gasteiger charge is 2.26. The van der Waals surface area contributed by atoms with E-state index in [0.29, 0.717) is 16.1 Å². The lowest BCUT2D eigenvalue weighted by atomic mass is 10.1. The van der Waals surface area contributed by atoms with Gasteiger partial charge in [0.05, 0.1) is 5.75 Å². The zero-order valence-electron chi connectivity index (χ0n) is 14.7. The van der Waals surface area contributed by atoms with Gasteiger partial charge in [0.15, 0.2) is 9.84 Å². The number of rotatable bonds is 6. The number of allylic oxidation sites excluding steroid dienone is 1. The Labute approximate surface area is 177 Å². The number of hydrogen-bond donors (Lipinski definition) is 0. The first-order valence-corrected chi connectivity index (χ1v) is 11.2. The molecule has 3 aromatic rings. The van der Waals surface area contributed by atoms with Crippen LogP contribution in [0, 0.1) is 0 Å². The van der Waals surface area contributed by atoms with Crippen LogP contribution in [0.1, 0.15) is 21.5 Å². The Balaban J connectivity index is 2.06. The molecule has 0 bridgehead atoms. The summed E-state index contributed by atoms with van der Waals surface area (Å²) in [4.78, 5) is 12.8. The summed E-state index contributed by atoms with van der Waals surface area (Å²) in [6.07, 6.45) is 1.42. The van der Waals surface area contributed by atoms with Crippen LogP contribution in [0.3, 0.4) is 0 Å². The second kappa shape index (κ2) is 8.86. The molecule has 0 spiro atoms. The van der Waals surface area contributed by atoms with Gasteiger partial charge in [0.25, 0.3) is 0 Å². The summed E-state index contributed by atoms with van der Waals surface area (Å²) in [6, 6.07) is 22.1. The predicted molar refractivity (Wildman–Crippen MR) is 117 cm³/mol. The number of Topliss-reactive ketones (excluding diaryl/α,β-unsaturated/α-hetero) is 1. The average Bonchev–Trinajstić information content (AvgIpc) is 2.68. The molecule has 0 aromatic heterocycles. The van der Waals surface area contributed by atoms with Gasteiger partial charge in [-0.3, -0.25) is 4.79 Å². The van der Waals surface area contributed by atoms with E-state index in [1.54, 1.807) is 60.7 Å². The van der Waals surface area contributed by atoms with Gasteiger partial charge in [-0.25, -0.2) is 8.42 Å². The van der Waals surface area contributed by atoms with Crippen molar-refractivity contribution in [1.82, 2.24) is 0 Å². The van der Waals surface area contributed by atoms with Crippen LogP contribution >= 0.6 is 27.5 Å². The van der Waals surface area contributed by atoms with Crippen LogP contribution in [0.2, 0.25) is 5.02 Å². The fraction of sp³-hybridized carbons (Fsp3) is 0.0455. The van der Waals surface area contributed by atoms with Gasteiger partial charge in [-0.1, -0.05) is 70.0 Å². The Morgan fingerprint density at radius 2 is 1.50 bits per heavy atom. The summed E-state index contributed by atoms with van der Waals surface area (Å²) < 4.78 is 27.1. The lowest BCUT2D eigenvalue weighted by Crippen LogP contribution is -2.16. The maximum atomic E-state index is 13.1. The van der Waals surface area contributed by atoms with Gasteiger partial charge < -0.3 is 0 Å². The normalized spacial score (nSPS) is 12.0. The quantitative estimate of drug-likeness (QED) is 0.327. The second-order valence-corrected chi connectivity index (χ2v) is 9.45. The number of sulfone groups is 1. The Morgan fingerprint density at radius 1 is 0.893 bits per heavy atom. The molecular formula is C22H16BrClO3S. The summed E-state index contributed by atoms with van der Waals surface area (Å²) in [7, 11) is -3.87. The number of ketones is 1. The fourth-order valence-electron chi connectivity index (χ4n) is 2.62. The van der Waals surface area contributed by atoms with Gasteiger partial charge in [0, 0.05) is 15.1 Å². The molecule has 0 radical (unpaired) electrons. The molecule has 0 heterocycles. The van der Waals surface area contributed by atoms with Crippen molar-refractivity contribution in [3.8, 4) is 0 Å². The van der Waals surface area contributed by atoms with E-state index in [4.69, 9.17) is 11.6 Å². The SMILES string of the molecule is O=C(/C(=C\c1ccc(Br)cc1)S(=O)(=O)Cc1ccccc1)c1ccc(Cl)cc1. The topological polar surface area (TPSA) is 51.2 Å². The molecule has 0 unspecified atom stereocenters. The zero-order valence-corrected chi connectivity index (χ0v) is 17.8. The van der Waals surface area contributed by atoms with Crippen LogP contribution in [-0.4, -0.2) is 14.2 Å². The number of carbonyl (C=O) groups excluding carboxylic acids is 1. The third-order valence-electron chi connectivity index (χ3n) is 4.03. The highest BCUT2D eigenvalue weighted by atomic mass is 79.9. The minimum Gasteiger partial charge on any atom is -0.288 e. The third-order valence-corrected chi connectivity index (χ3v) is 6.50. The van der Waals surface area contributed by atoms with Crippen LogP contribution in [-0.2, 0) is 15.6 Å². The standard InChI is InChI=1S/C22H16BrClO3S/c23-19-10-6-16(7-11-19)14-21(22(25)18-8-12-20(24)13-9-18)28(26,27)15-17-4-2-1-3-5-17/h1-14H,15H2/b21-14+. The molecule has 0 atom stereocenters. The molecule has 0 aliphatic carbocycles. The molecule has 0 amide bonds. The van der Waals surface area contributed by atoms with Crippen molar-refractivity contribution in [2.45, 2.75) is 5.75 Å². The average molecular weight is 476 g/mol. The molecule has 0 saturated heterocycles. The Hall–Kier alpha value is -2.21. The minimum absolute atomic E-state index is 0.249. The van der Waals surface area contributed by atoms with Gasteiger partial charge >= 0.3 is 0 Å². The second-order valence-electron chi connectivity index (χ2n) is 6.14. The molecule has 3 nitrogen and oxygen atoms in total. The predicted octanol–water partition coefficient (Wildman–Crippen LogP) is 5.94. The summed E-state index contributed by atoms with van der Waals surface area (Å²) in [5.74, 6) is -0.814. The number of benzene rings is 3. The van der Waals surface area contributed by atoms with Gasteiger partial charge in [-0.2, -0.15) is 0 Å². The molecule has 0 saturated carbocycles. The Morgan fingerprint density at radius 3 is 2.11 bits per heavy atom. The first-order chi connectivity index (χ1) is 13.3. The molecule has 0 aliphatic rings. The van der Waals surface area contributed by atoms with E-state index in [-0.39, 0.29) is 16.2 Å². The summed E-state index contributed by atoms with van der Waals surface area (Å²) in [5, 5.41) is 0.474. The molecule has 0 N–H and O–H groups in total. The molecule has 3 aromatic carbocycles. The Kier molecular flexibility index (Phi) is 6.50. The highest BCUT2D eigenvalue weighted by molar-refractivity contribution is 9.10. The third kappa shape index (κ3) is 5.19. The van der Waals surface area contributed by atoms with Crippen LogP contribution in [0.5, 0.6) is 0 Å². The molecule has 0 aliphatic heterocycles. The van der Waals surface area contributed by atoms with Crippen LogP contribution < -0.4 is 0 Å². The monoisotopic (exact) mass is 474 g/mol. The lowest BCUT2D eigenvalue weighted by molar-refractivity contribution is 0.104. The van der Waals surface area contributed by atoms with Crippen LogP contribution in [0.4, 0.5) is 0 Å².